The van der Waals surface area contributed by atoms with Crippen LogP contribution < -0.4 is 0 Å². The van der Waals surface area contributed by atoms with Crippen LogP contribution in [0.3, 0.4) is 0 Å². The average Bonchev–Trinajstić information content (AvgIpc) is 2.65. The van der Waals surface area contributed by atoms with Crippen LogP contribution in [0.15, 0.2) is 12.2 Å². The van der Waals surface area contributed by atoms with Crippen LogP contribution in [0.2, 0.25) is 0 Å². The smallest absolute Gasteiger partial charge is 0.331 e. The van der Waals surface area contributed by atoms with Crippen LogP contribution in [0.1, 0.15) is 39.0 Å². The number of ether oxygens (including phenoxy) is 1. The van der Waals surface area contributed by atoms with Gasteiger partial charge in [-0.3, -0.25) is 4.79 Å². The zero-order valence-electron chi connectivity index (χ0n) is 8.99. The molecule has 0 aromatic heterocycles. The van der Waals surface area contributed by atoms with Crippen LogP contribution in [-0.4, -0.2) is 17.9 Å². The molecule has 82 valence electrons. The molecule has 3 heteroatoms. The van der Waals surface area contributed by atoms with E-state index in [4.69, 9.17) is 4.74 Å². The highest BCUT2D eigenvalue weighted by atomic mass is 16.5. The monoisotopic (exact) mass is 208 g/mol. The standard InChI is InChI=1S/C12H16O3/c1-2-12(7-3-4-9(13)8-12)10-5-6-11(14)15-10/h5-6,10H,2-4,7-8H2,1H3. The highest BCUT2D eigenvalue weighted by Gasteiger charge is 2.43. The second-order valence-corrected chi connectivity index (χ2v) is 4.50. The molecule has 1 aliphatic carbocycles. The lowest BCUT2D eigenvalue weighted by atomic mass is 9.68. The van der Waals surface area contributed by atoms with Gasteiger partial charge in [-0.25, -0.2) is 4.79 Å². The molecular weight excluding hydrogens is 192 g/mol. The first-order chi connectivity index (χ1) is 7.16. The number of hydrogen-bond donors (Lipinski definition) is 0. The summed E-state index contributed by atoms with van der Waals surface area (Å²) < 4.78 is 5.24. The van der Waals surface area contributed by atoms with Crippen LogP contribution in [0.4, 0.5) is 0 Å². The molecule has 0 N–H and O–H groups in total. The van der Waals surface area contributed by atoms with E-state index in [0.717, 1.165) is 19.3 Å². The Labute approximate surface area is 89.5 Å². The molecule has 1 saturated carbocycles. The Morgan fingerprint density at radius 3 is 2.87 bits per heavy atom. The Kier molecular flexibility index (Phi) is 2.63. The largest absolute Gasteiger partial charge is 0.454 e. The van der Waals surface area contributed by atoms with Crippen molar-refractivity contribution in [2.45, 2.75) is 45.1 Å². The maximum Gasteiger partial charge on any atom is 0.331 e. The van der Waals surface area contributed by atoms with Crippen molar-refractivity contribution in [3.8, 4) is 0 Å². The third-order valence-electron chi connectivity index (χ3n) is 3.64. The van der Waals surface area contributed by atoms with Gasteiger partial charge in [0.2, 0.25) is 0 Å². The van der Waals surface area contributed by atoms with Crippen molar-refractivity contribution in [2.75, 3.05) is 0 Å². The molecule has 0 radical (unpaired) electrons. The number of carbonyl (C=O) groups is 2. The lowest BCUT2D eigenvalue weighted by Gasteiger charge is -2.38. The number of cyclic esters (lactones) is 1. The molecule has 0 bridgehead atoms. The van der Waals surface area contributed by atoms with E-state index in [1.165, 1.54) is 6.08 Å². The van der Waals surface area contributed by atoms with Crippen molar-refractivity contribution in [3.63, 3.8) is 0 Å². The second kappa shape index (κ2) is 3.80. The molecule has 2 unspecified atom stereocenters. The molecule has 2 aliphatic rings. The van der Waals surface area contributed by atoms with E-state index < -0.39 is 0 Å². The SMILES string of the molecule is CCC1(C2C=CC(=O)O2)CCCC(=O)C1. The Morgan fingerprint density at radius 2 is 2.33 bits per heavy atom. The van der Waals surface area contributed by atoms with Crippen LogP contribution in [0, 0.1) is 5.41 Å². The fourth-order valence-electron chi connectivity index (χ4n) is 2.65. The van der Waals surface area contributed by atoms with Crippen LogP contribution in [0.25, 0.3) is 0 Å². The average molecular weight is 208 g/mol. The summed E-state index contributed by atoms with van der Waals surface area (Å²) in [6.45, 7) is 2.07. The summed E-state index contributed by atoms with van der Waals surface area (Å²) in [6.07, 6.45) is 7.15. The Balaban J connectivity index is 2.17. The van der Waals surface area contributed by atoms with Gasteiger partial charge in [0.15, 0.2) is 0 Å². The third kappa shape index (κ3) is 1.83. The topological polar surface area (TPSA) is 43.4 Å². The molecule has 3 nitrogen and oxygen atoms in total. The molecule has 1 fully saturated rings. The normalized spacial score (nSPS) is 35.7. The van der Waals surface area contributed by atoms with E-state index in [0.29, 0.717) is 18.6 Å². The highest BCUT2D eigenvalue weighted by molar-refractivity contribution is 5.85. The van der Waals surface area contributed by atoms with E-state index in [-0.39, 0.29) is 17.5 Å². The van der Waals surface area contributed by atoms with Gasteiger partial charge in [0.05, 0.1) is 0 Å². The molecule has 0 spiro atoms. The summed E-state index contributed by atoms with van der Waals surface area (Å²) in [4.78, 5) is 22.6. The maximum atomic E-state index is 11.5. The maximum absolute atomic E-state index is 11.5. The third-order valence-corrected chi connectivity index (χ3v) is 3.64. The minimum absolute atomic E-state index is 0.127. The van der Waals surface area contributed by atoms with Gasteiger partial charge in [0.25, 0.3) is 0 Å². The summed E-state index contributed by atoms with van der Waals surface area (Å²) in [7, 11) is 0. The Morgan fingerprint density at radius 1 is 1.53 bits per heavy atom. The number of ketones is 1. The minimum atomic E-state index is -0.272. The molecule has 15 heavy (non-hydrogen) atoms. The lowest BCUT2D eigenvalue weighted by molar-refractivity contribution is -0.147. The molecule has 1 aliphatic heterocycles. The molecular formula is C12H16O3. The number of Topliss-reactive ketones (excluding diaryl/α,β-unsaturated/α-hetero) is 1. The highest BCUT2D eigenvalue weighted by Crippen LogP contribution is 2.43. The Bertz CT molecular complexity index is 319. The zero-order chi connectivity index (χ0) is 10.9. The van der Waals surface area contributed by atoms with Gasteiger partial charge < -0.3 is 4.74 Å². The lowest BCUT2D eigenvalue weighted by Crippen LogP contribution is -2.39. The van der Waals surface area contributed by atoms with Crippen molar-refractivity contribution >= 4 is 11.8 Å². The first kappa shape index (κ1) is 10.4. The molecule has 2 atom stereocenters. The van der Waals surface area contributed by atoms with Crippen LogP contribution in [0.5, 0.6) is 0 Å². The van der Waals surface area contributed by atoms with Gasteiger partial charge in [-0.15, -0.1) is 0 Å². The predicted octanol–water partition coefficient (Wildman–Crippen LogP) is 2.01. The number of hydrogen-bond acceptors (Lipinski definition) is 3. The van der Waals surface area contributed by atoms with Crippen LogP contribution in [-0.2, 0) is 14.3 Å². The first-order valence-electron chi connectivity index (χ1n) is 5.57. The summed E-state index contributed by atoms with van der Waals surface area (Å²) in [6, 6.07) is 0. The van der Waals surface area contributed by atoms with Crippen molar-refractivity contribution < 1.29 is 14.3 Å². The zero-order valence-corrected chi connectivity index (χ0v) is 8.99. The fraction of sp³-hybridized carbons (Fsp3) is 0.667. The molecule has 0 saturated heterocycles. The predicted molar refractivity (Wildman–Crippen MR) is 55.2 cm³/mol. The van der Waals surface area contributed by atoms with E-state index in [1.807, 2.05) is 6.08 Å². The summed E-state index contributed by atoms with van der Waals surface area (Å²) in [5.41, 5.74) is -0.127. The van der Waals surface area contributed by atoms with E-state index in [1.54, 1.807) is 0 Å². The van der Waals surface area contributed by atoms with Crippen LogP contribution >= 0.6 is 0 Å². The quantitative estimate of drug-likeness (QED) is 0.652. The number of esters is 1. The molecule has 2 rings (SSSR count). The summed E-state index contributed by atoms with van der Waals surface area (Å²) >= 11 is 0. The Hall–Kier alpha value is -1.12. The van der Waals surface area contributed by atoms with E-state index >= 15 is 0 Å². The number of rotatable bonds is 2. The fourth-order valence-corrected chi connectivity index (χ4v) is 2.65. The van der Waals surface area contributed by atoms with Crippen molar-refractivity contribution in [1.29, 1.82) is 0 Å². The first-order valence-corrected chi connectivity index (χ1v) is 5.57. The van der Waals surface area contributed by atoms with Crippen molar-refractivity contribution in [2.24, 2.45) is 5.41 Å². The van der Waals surface area contributed by atoms with Gasteiger partial charge in [-0.2, -0.15) is 0 Å². The minimum Gasteiger partial charge on any atom is -0.454 e. The molecule has 0 aromatic rings. The van der Waals surface area contributed by atoms with Gasteiger partial charge in [0.1, 0.15) is 11.9 Å². The molecule has 1 heterocycles. The summed E-state index contributed by atoms with van der Waals surface area (Å²) in [5.74, 6) is 0.0327. The van der Waals surface area contributed by atoms with Gasteiger partial charge in [-0.05, 0) is 25.3 Å². The molecule has 0 aromatic carbocycles. The van der Waals surface area contributed by atoms with Gasteiger partial charge >= 0.3 is 5.97 Å². The number of carbonyl (C=O) groups excluding carboxylic acids is 2. The second-order valence-electron chi connectivity index (χ2n) is 4.50. The summed E-state index contributed by atoms with van der Waals surface area (Å²) in [5, 5.41) is 0. The molecule has 0 amide bonds. The van der Waals surface area contributed by atoms with Crippen molar-refractivity contribution in [3.05, 3.63) is 12.2 Å². The van der Waals surface area contributed by atoms with Gasteiger partial charge in [0, 0.05) is 24.3 Å². The van der Waals surface area contributed by atoms with Gasteiger partial charge in [-0.1, -0.05) is 6.92 Å². The van der Waals surface area contributed by atoms with E-state index in [9.17, 15) is 9.59 Å². The van der Waals surface area contributed by atoms with E-state index in [2.05, 4.69) is 6.92 Å². The van der Waals surface area contributed by atoms with Crippen molar-refractivity contribution in [1.82, 2.24) is 0 Å².